The predicted molar refractivity (Wildman–Crippen MR) is 66.5 cm³/mol. The van der Waals surface area contributed by atoms with Crippen molar-refractivity contribution in [3.63, 3.8) is 0 Å². The minimum atomic E-state index is -0.193. The molecule has 0 saturated carbocycles. The summed E-state index contributed by atoms with van der Waals surface area (Å²) in [5.41, 5.74) is 0. The van der Waals surface area contributed by atoms with Crippen LogP contribution in [-0.2, 0) is 6.54 Å². The van der Waals surface area contributed by atoms with E-state index in [1.54, 1.807) is 11.3 Å². The average Bonchev–Trinajstić information content (AvgIpc) is 2.73. The molecule has 3 nitrogen and oxygen atoms in total. The first kappa shape index (κ1) is 12.0. The topological polar surface area (TPSA) is 36.4 Å². The van der Waals surface area contributed by atoms with Crippen LogP contribution in [0.3, 0.4) is 0 Å². The Morgan fingerprint density at radius 2 is 2.50 bits per heavy atom. The second kappa shape index (κ2) is 5.75. The molecular weight excluding hydrogens is 220 g/mol. The van der Waals surface area contributed by atoms with E-state index < -0.39 is 0 Å². The molecule has 0 bridgehead atoms. The van der Waals surface area contributed by atoms with Gasteiger partial charge < -0.3 is 5.11 Å². The van der Waals surface area contributed by atoms with Crippen LogP contribution in [0.15, 0.2) is 11.6 Å². The van der Waals surface area contributed by atoms with Crippen LogP contribution in [0, 0.1) is 0 Å². The number of nitrogens with zero attached hydrogens (tertiary/aromatic N) is 2. The Bertz CT molecular complexity index is 300. The SMILES string of the molecule is CC(O)CC1CCCCN1Cc1nccs1. The first-order chi connectivity index (χ1) is 7.75. The van der Waals surface area contributed by atoms with E-state index in [0.29, 0.717) is 6.04 Å². The van der Waals surface area contributed by atoms with Crippen molar-refractivity contribution in [2.24, 2.45) is 0 Å². The molecule has 1 aliphatic heterocycles. The molecule has 1 fully saturated rings. The van der Waals surface area contributed by atoms with E-state index in [9.17, 15) is 5.11 Å². The third-order valence-electron chi connectivity index (χ3n) is 3.18. The van der Waals surface area contributed by atoms with Crippen molar-refractivity contribution >= 4 is 11.3 Å². The number of likely N-dealkylation sites (tertiary alicyclic amines) is 1. The van der Waals surface area contributed by atoms with Gasteiger partial charge in [0.15, 0.2) is 0 Å². The standard InChI is InChI=1S/C12H20N2OS/c1-10(15)8-11-4-2-3-6-14(11)9-12-13-5-7-16-12/h5,7,10-11,15H,2-4,6,8-9H2,1H3. The zero-order valence-corrected chi connectivity index (χ0v) is 10.6. The molecule has 0 radical (unpaired) electrons. The van der Waals surface area contributed by atoms with Crippen molar-refractivity contribution in [2.75, 3.05) is 6.54 Å². The Hall–Kier alpha value is -0.450. The molecule has 1 aliphatic rings. The van der Waals surface area contributed by atoms with Crippen molar-refractivity contribution in [1.82, 2.24) is 9.88 Å². The van der Waals surface area contributed by atoms with Gasteiger partial charge in [-0.25, -0.2) is 4.98 Å². The van der Waals surface area contributed by atoms with Crippen LogP contribution in [0.4, 0.5) is 0 Å². The smallest absolute Gasteiger partial charge is 0.107 e. The summed E-state index contributed by atoms with van der Waals surface area (Å²) in [5.74, 6) is 0. The maximum atomic E-state index is 9.51. The molecule has 1 aromatic rings. The highest BCUT2D eigenvalue weighted by molar-refractivity contribution is 7.09. The lowest BCUT2D eigenvalue weighted by Gasteiger charge is -2.35. The van der Waals surface area contributed by atoms with Crippen LogP contribution in [0.2, 0.25) is 0 Å². The fraction of sp³-hybridized carbons (Fsp3) is 0.750. The Balaban J connectivity index is 1.93. The molecule has 4 heteroatoms. The molecule has 1 saturated heterocycles. The summed E-state index contributed by atoms with van der Waals surface area (Å²) < 4.78 is 0. The summed E-state index contributed by atoms with van der Waals surface area (Å²) in [6.07, 6.45) is 6.37. The summed E-state index contributed by atoms with van der Waals surface area (Å²) >= 11 is 1.72. The molecule has 90 valence electrons. The monoisotopic (exact) mass is 240 g/mol. The number of aromatic nitrogens is 1. The minimum Gasteiger partial charge on any atom is -0.393 e. The largest absolute Gasteiger partial charge is 0.393 e. The van der Waals surface area contributed by atoms with Gasteiger partial charge in [0.1, 0.15) is 5.01 Å². The van der Waals surface area contributed by atoms with E-state index >= 15 is 0 Å². The minimum absolute atomic E-state index is 0.193. The number of hydrogen-bond donors (Lipinski definition) is 1. The zero-order chi connectivity index (χ0) is 11.4. The number of thiazole rings is 1. The maximum Gasteiger partial charge on any atom is 0.107 e. The Morgan fingerprint density at radius 3 is 3.19 bits per heavy atom. The molecular formula is C12H20N2OS. The van der Waals surface area contributed by atoms with Crippen LogP contribution in [0.25, 0.3) is 0 Å². The van der Waals surface area contributed by atoms with E-state index in [0.717, 1.165) is 19.5 Å². The summed E-state index contributed by atoms with van der Waals surface area (Å²) in [7, 11) is 0. The number of aliphatic hydroxyl groups is 1. The van der Waals surface area contributed by atoms with Gasteiger partial charge in [0.05, 0.1) is 12.6 Å². The van der Waals surface area contributed by atoms with Gasteiger partial charge in [0, 0.05) is 17.6 Å². The van der Waals surface area contributed by atoms with Crippen molar-refractivity contribution in [3.8, 4) is 0 Å². The molecule has 1 N–H and O–H groups in total. The molecule has 2 atom stereocenters. The Morgan fingerprint density at radius 1 is 1.62 bits per heavy atom. The lowest BCUT2D eigenvalue weighted by Crippen LogP contribution is -2.40. The molecule has 2 rings (SSSR count). The second-order valence-electron chi connectivity index (χ2n) is 4.63. The Kier molecular flexibility index (Phi) is 4.32. The molecule has 0 aromatic carbocycles. The van der Waals surface area contributed by atoms with Gasteiger partial charge in [-0.15, -0.1) is 11.3 Å². The number of hydrogen-bond acceptors (Lipinski definition) is 4. The number of piperidine rings is 1. The predicted octanol–water partition coefficient (Wildman–Crippen LogP) is 2.27. The van der Waals surface area contributed by atoms with Gasteiger partial charge in [-0.05, 0) is 32.7 Å². The quantitative estimate of drug-likeness (QED) is 0.877. The Labute approximate surface area is 101 Å². The fourth-order valence-corrected chi connectivity index (χ4v) is 3.07. The van der Waals surface area contributed by atoms with E-state index in [1.807, 2.05) is 18.5 Å². The number of rotatable bonds is 4. The average molecular weight is 240 g/mol. The van der Waals surface area contributed by atoms with Crippen LogP contribution in [0.1, 0.15) is 37.6 Å². The van der Waals surface area contributed by atoms with Crippen LogP contribution in [0.5, 0.6) is 0 Å². The molecule has 2 heterocycles. The lowest BCUT2D eigenvalue weighted by molar-refractivity contribution is 0.0817. The van der Waals surface area contributed by atoms with Crippen molar-refractivity contribution in [2.45, 2.75) is 51.3 Å². The fourth-order valence-electron chi connectivity index (χ4n) is 2.43. The van der Waals surface area contributed by atoms with Crippen LogP contribution in [-0.4, -0.2) is 33.7 Å². The molecule has 0 amide bonds. The highest BCUT2D eigenvalue weighted by Crippen LogP contribution is 2.23. The van der Waals surface area contributed by atoms with Gasteiger partial charge >= 0.3 is 0 Å². The first-order valence-electron chi connectivity index (χ1n) is 6.06. The third-order valence-corrected chi connectivity index (χ3v) is 3.95. The first-order valence-corrected chi connectivity index (χ1v) is 6.94. The van der Waals surface area contributed by atoms with Crippen molar-refractivity contribution in [1.29, 1.82) is 0 Å². The van der Waals surface area contributed by atoms with Crippen molar-refractivity contribution in [3.05, 3.63) is 16.6 Å². The van der Waals surface area contributed by atoms with E-state index in [4.69, 9.17) is 0 Å². The summed E-state index contributed by atoms with van der Waals surface area (Å²) in [6.45, 7) is 3.99. The highest BCUT2D eigenvalue weighted by Gasteiger charge is 2.24. The molecule has 0 spiro atoms. The maximum absolute atomic E-state index is 9.51. The second-order valence-corrected chi connectivity index (χ2v) is 5.61. The van der Waals surface area contributed by atoms with Gasteiger partial charge in [0.25, 0.3) is 0 Å². The highest BCUT2D eigenvalue weighted by atomic mass is 32.1. The van der Waals surface area contributed by atoms with E-state index in [2.05, 4.69) is 9.88 Å². The summed E-state index contributed by atoms with van der Waals surface area (Å²) in [6, 6.07) is 0.539. The van der Waals surface area contributed by atoms with Gasteiger partial charge in [0.2, 0.25) is 0 Å². The molecule has 1 aromatic heterocycles. The van der Waals surface area contributed by atoms with Crippen molar-refractivity contribution < 1.29 is 5.11 Å². The lowest BCUT2D eigenvalue weighted by atomic mass is 9.97. The normalized spacial score (nSPS) is 24.5. The van der Waals surface area contributed by atoms with Crippen LogP contribution < -0.4 is 0 Å². The summed E-state index contributed by atoms with van der Waals surface area (Å²) in [5, 5.41) is 12.7. The molecule has 0 aliphatic carbocycles. The number of aliphatic hydroxyl groups excluding tert-OH is 1. The van der Waals surface area contributed by atoms with E-state index in [1.165, 1.54) is 24.3 Å². The van der Waals surface area contributed by atoms with Gasteiger partial charge in [-0.3, -0.25) is 4.90 Å². The van der Waals surface area contributed by atoms with E-state index in [-0.39, 0.29) is 6.10 Å². The van der Waals surface area contributed by atoms with Gasteiger partial charge in [-0.2, -0.15) is 0 Å². The summed E-state index contributed by atoms with van der Waals surface area (Å²) in [4.78, 5) is 6.82. The van der Waals surface area contributed by atoms with Gasteiger partial charge in [-0.1, -0.05) is 6.42 Å². The third kappa shape index (κ3) is 3.27. The molecule has 2 unspecified atom stereocenters. The molecule has 16 heavy (non-hydrogen) atoms. The van der Waals surface area contributed by atoms with Crippen LogP contribution >= 0.6 is 11.3 Å². The zero-order valence-electron chi connectivity index (χ0n) is 9.80.